The molecule has 0 saturated carbocycles. The van der Waals surface area contributed by atoms with Crippen molar-refractivity contribution in [1.29, 1.82) is 0 Å². The number of likely N-dealkylation sites (tertiary alicyclic amines) is 1. The summed E-state index contributed by atoms with van der Waals surface area (Å²) in [6.07, 6.45) is 7.63. The van der Waals surface area contributed by atoms with E-state index in [0.29, 0.717) is 13.1 Å². The van der Waals surface area contributed by atoms with Crippen molar-refractivity contribution >= 4 is 6.09 Å². The van der Waals surface area contributed by atoms with Gasteiger partial charge in [-0.15, -0.1) is 12.3 Å². The lowest BCUT2D eigenvalue weighted by molar-refractivity contribution is -0.134. The summed E-state index contributed by atoms with van der Waals surface area (Å²) >= 11 is 0. The fourth-order valence-electron chi connectivity index (χ4n) is 3.06. The molecule has 0 bridgehead atoms. The highest BCUT2D eigenvalue weighted by molar-refractivity contribution is 5.68. The molecule has 0 aliphatic carbocycles. The number of piperidine rings is 1. The number of amides is 1. The third-order valence-electron chi connectivity index (χ3n) is 4.23. The van der Waals surface area contributed by atoms with Crippen LogP contribution >= 0.6 is 0 Å². The van der Waals surface area contributed by atoms with Crippen LogP contribution in [0.1, 0.15) is 40.0 Å². The first-order chi connectivity index (χ1) is 10.3. The van der Waals surface area contributed by atoms with Gasteiger partial charge in [-0.25, -0.2) is 4.79 Å². The minimum atomic E-state index is -0.445. The van der Waals surface area contributed by atoms with Crippen LogP contribution in [0, 0.1) is 12.3 Å². The van der Waals surface area contributed by atoms with Crippen LogP contribution in [0.3, 0.4) is 0 Å². The first-order valence-electron chi connectivity index (χ1n) is 8.11. The molecule has 0 atom stereocenters. The molecule has 0 aromatic carbocycles. The Balaban J connectivity index is 1.85. The van der Waals surface area contributed by atoms with Gasteiger partial charge < -0.3 is 14.4 Å². The summed E-state index contributed by atoms with van der Waals surface area (Å²) in [5, 5.41) is 0. The topological polar surface area (TPSA) is 42.0 Å². The summed E-state index contributed by atoms with van der Waals surface area (Å²) < 4.78 is 11.5. The van der Waals surface area contributed by atoms with Gasteiger partial charge in [-0.05, 0) is 33.6 Å². The summed E-state index contributed by atoms with van der Waals surface area (Å²) in [5.74, 6) is 2.70. The van der Waals surface area contributed by atoms with Crippen LogP contribution in [0.2, 0.25) is 0 Å². The lowest BCUT2D eigenvalue weighted by atomic mass is 9.89. The van der Waals surface area contributed by atoms with Gasteiger partial charge in [-0.1, -0.05) is 0 Å². The molecule has 2 fully saturated rings. The van der Waals surface area contributed by atoms with Gasteiger partial charge >= 0.3 is 6.09 Å². The standard InChI is InChI=1S/C17H28N2O3/c1-5-6-9-18-12-13-21-17(14-18)7-10-19(11-8-17)15(20)22-16(2,3)4/h1H,6-14H2,2-4H3. The quantitative estimate of drug-likeness (QED) is 0.733. The van der Waals surface area contributed by atoms with Crippen LogP contribution in [-0.4, -0.2) is 66.4 Å². The largest absolute Gasteiger partial charge is 0.444 e. The number of nitrogens with zero attached hydrogens (tertiary/aromatic N) is 2. The molecule has 0 aromatic rings. The molecule has 0 radical (unpaired) electrons. The number of carbonyl (C=O) groups is 1. The van der Waals surface area contributed by atoms with E-state index in [1.54, 1.807) is 4.90 Å². The fourth-order valence-corrected chi connectivity index (χ4v) is 3.06. The van der Waals surface area contributed by atoms with E-state index in [1.165, 1.54) is 0 Å². The number of terminal acetylenes is 1. The molecule has 2 aliphatic rings. The van der Waals surface area contributed by atoms with Gasteiger partial charge in [0.25, 0.3) is 0 Å². The van der Waals surface area contributed by atoms with Crippen LogP contribution in [-0.2, 0) is 9.47 Å². The van der Waals surface area contributed by atoms with Crippen molar-refractivity contribution in [3.05, 3.63) is 0 Å². The van der Waals surface area contributed by atoms with Gasteiger partial charge in [-0.2, -0.15) is 0 Å². The van der Waals surface area contributed by atoms with Crippen LogP contribution in [0.25, 0.3) is 0 Å². The Kier molecular flexibility index (Phi) is 5.36. The maximum absolute atomic E-state index is 12.1. The number of hydrogen-bond acceptors (Lipinski definition) is 4. The summed E-state index contributed by atoms with van der Waals surface area (Å²) in [7, 11) is 0. The molecule has 0 N–H and O–H groups in total. The number of rotatable bonds is 2. The molecule has 2 rings (SSSR count). The molecule has 0 unspecified atom stereocenters. The molecular weight excluding hydrogens is 280 g/mol. The highest BCUT2D eigenvalue weighted by Crippen LogP contribution is 2.30. The predicted molar refractivity (Wildman–Crippen MR) is 85.6 cm³/mol. The molecule has 5 heteroatoms. The lowest BCUT2D eigenvalue weighted by Gasteiger charge is -2.47. The van der Waals surface area contributed by atoms with E-state index in [9.17, 15) is 4.79 Å². The monoisotopic (exact) mass is 308 g/mol. The van der Waals surface area contributed by atoms with Crippen LogP contribution < -0.4 is 0 Å². The fraction of sp³-hybridized carbons (Fsp3) is 0.824. The van der Waals surface area contributed by atoms with Gasteiger partial charge in [0.2, 0.25) is 0 Å². The maximum atomic E-state index is 12.1. The van der Waals surface area contributed by atoms with Gasteiger partial charge in [0, 0.05) is 39.1 Å². The smallest absolute Gasteiger partial charge is 0.410 e. The molecular formula is C17H28N2O3. The minimum absolute atomic E-state index is 0.120. The average Bonchev–Trinajstić information content (AvgIpc) is 2.44. The minimum Gasteiger partial charge on any atom is -0.444 e. The van der Waals surface area contributed by atoms with Crippen LogP contribution in [0.15, 0.2) is 0 Å². The first kappa shape index (κ1) is 17.1. The summed E-state index contributed by atoms with van der Waals surface area (Å²) in [5.41, 5.74) is -0.565. The highest BCUT2D eigenvalue weighted by Gasteiger charge is 2.41. The third-order valence-corrected chi connectivity index (χ3v) is 4.23. The van der Waals surface area contributed by atoms with Crippen molar-refractivity contribution < 1.29 is 14.3 Å². The Morgan fingerprint density at radius 2 is 2.00 bits per heavy atom. The van der Waals surface area contributed by atoms with Gasteiger partial charge in [-0.3, -0.25) is 4.90 Å². The van der Waals surface area contributed by atoms with Gasteiger partial charge in [0.15, 0.2) is 0 Å². The zero-order valence-corrected chi connectivity index (χ0v) is 14.1. The molecule has 2 saturated heterocycles. The third kappa shape index (κ3) is 4.62. The molecule has 1 spiro atoms. The van der Waals surface area contributed by atoms with Crippen molar-refractivity contribution in [2.75, 3.05) is 39.3 Å². The Morgan fingerprint density at radius 1 is 1.32 bits per heavy atom. The van der Waals surface area contributed by atoms with Gasteiger partial charge in [0.05, 0.1) is 12.2 Å². The van der Waals surface area contributed by atoms with Crippen molar-refractivity contribution in [3.8, 4) is 12.3 Å². The zero-order chi connectivity index (χ0) is 16.2. The second-order valence-corrected chi connectivity index (χ2v) is 7.23. The zero-order valence-electron chi connectivity index (χ0n) is 14.1. The molecule has 5 nitrogen and oxygen atoms in total. The van der Waals surface area contributed by atoms with E-state index in [-0.39, 0.29) is 11.7 Å². The second-order valence-electron chi connectivity index (χ2n) is 7.23. The van der Waals surface area contributed by atoms with Crippen molar-refractivity contribution in [2.24, 2.45) is 0 Å². The summed E-state index contributed by atoms with van der Waals surface area (Å²) in [6.45, 7) is 10.6. The molecule has 1 amide bonds. The van der Waals surface area contributed by atoms with E-state index >= 15 is 0 Å². The molecule has 2 heterocycles. The van der Waals surface area contributed by atoms with Gasteiger partial charge in [0.1, 0.15) is 5.60 Å². The Hall–Kier alpha value is -1.25. The predicted octanol–water partition coefficient (Wildman–Crippen LogP) is 2.11. The molecule has 124 valence electrons. The molecule has 0 aromatic heterocycles. The number of ether oxygens (including phenoxy) is 2. The summed E-state index contributed by atoms with van der Waals surface area (Å²) in [4.78, 5) is 16.3. The normalized spacial score (nSPS) is 22.4. The van der Waals surface area contributed by atoms with Crippen LogP contribution in [0.5, 0.6) is 0 Å². The van der Waals surface area contributed by atoms with Crippen molar-refractivity contribution in [3.63, 3.8) is 0 Å². The van der Waals surface area contributed by atoms with E-state index in [2.05, 4.69) is 10.8 Å². The molecule has 22 heavy (non-hydrogen) atoms. The van der Waals surface area contributed by atoms with Crippen molar-refractivity contribution in [2.45, 2.75) is 51.2 Å². The first-order valence-corrected chi connectivity index (χ1v) is 8.11. The average molecular weight is 308 g/mol. The van der Waals surface area contributed by atoms with E-state index in [4.69, 9.17) is 15.9 Å². The maximum Gasteiger partial charge on any atom is 0.410 e. The Bertz CT molecular complexity index is 428. The SMILES string of the molecule is C#CCCN1CCOC2(CCN(C(=O)OC(C)(C)C)CC2)C1. The number of hydrogen-bond donors (Lipinski definition) is 0. The lowest BCUT2D eigenvalue weighted by Crippen LogP contribution is -2.57. The summed E-state index contributed by atoms with van der Waals surface area (Å²) in [6, 6.07) is 0. The Labute approximate surface area is 133 Å². The molecule has 2 aliphatic heterocycles. The number of morpholine rings is 1. The second kappa shape index (κ2) is 6.89. The van der Waals surface area contributed by atoms with E-state index in [1.807, 2.05) is 20.8 Å². The van der Waals surface area contributed by atoms with E-state index in [0.717, 1.165) is 45.5 Å². The number of carbonyl (C=O) groups excluding carboxylic acids is 1. The van der Waals surface area contributed by atoms with Crippen LogP contribution in [0.4, 0.5) is 4.79 Å². The van der Waals surface area contributed by atoms with E-state index < -0.39 is 5.60 Å². The highest BCUT2D eigenvalue weighted by atomic mass is 16.6. The Morgan fingerprint density at radius 3 is 2.59 bits per heavy atom. The van der Waals surface area contributed by atoms with Crippen molar-refractivity contribution in [1.82, 2.24) is 9.80 Å².